The lowest BCUT2D eigenvalue weighted by Crippen LogP contribution is -2.41. The molecular formula is C12H22O2. The van der Waals surface area contributed by atoms with Gasteiger partial charge in [-0.25, -0.2) is 0 Å². The molecule has 1 heterocycles. The smallest absolute Gasteiger partial charge is 0.0814 e. The highest BCUT2D eigenvalue weighted by molar-refractivity contribution is 4.96. The molecule has 1 saturated heterocycles. The van der Waals surface area contributed by atoms with Gasteiger partial charge in [-0.3, -0.25) is 0 Å². The first-order chi connectivity index (χ1) is 6.66. The van der Waals surface area contributed by atoms with E-state index in [0.29, 0.717) is 5.92 Å². The van der Waals surface area contributed by atoms with Gasteiger partial charge < -0.3 is 9.84 Å². The second-order valence-corrected chi connectivity index (χ2v) is 5.31. The Bertz CT molecular complexity index is 204. The molecule has 2 nitrogen and oxygen atoms in total. The van der Waals surface area contributed by atoms with Gasteiger partial charge >= 0.3 is 0 Å². The quantitative estimate of drug-likeness (QED) is 0.701. The van der Waals surface area contributed by atoms with Crippen LogP contribution < -0.4 is 0 Å². The maximum atomic E-state index is 9.09. The lowest BCUT2D eigenvalue weighted by Gasteiger charge is -2.41. The fraction of sp³-hybridized carbons (Fsp3) is 1.00. The van der Waals surface area contributed by atoms with Crippen molar-refractivity contribution < 1.29 is 9.84 Å². The molecule has 0 aromatic carbocycles. The van der Waals surface area contributed by atoms with Crippen LogP contribution >= 0.6 is 0 Å². The Morgan fingerprint density at radius 3 is 2.57 bits per heavy atom. The Morgan fingerprint density at radius 1 is 1.29 bits per heavy atom. The summed E-state index contributed by atoms with van der Waals surface area (Å²) in [5.74, 6) is 1.52. The minimum Gasteiger partial charge on any atom is -0.394 e. The second kappa shape index (κ2) is 3.82. The first kappa shape index (κ1) is 10.4. The van der Waals surface area contributed by atoms with Crippen molar-refractivity contribution in [2.24, 2.45) is 11.8 Å². The number of aliphatic hydroxyl groups excluding tert-OH is 1. The predicted molar refractivity (Wildman–Crippen MR) is 56.1 cm³/mol. The largest absolute Gasteiger partial charge is 0.394 e. The molecule has 2 heteroatoms. The van der Waals surface area contributed by atoms with Gasteiger partial charge in [-0.2, -0.15) is 0 Å². The van der Waals surface area contributed by atoms with Crippen LogP contribution in [0.25, 0.3) is 0 Å². The number of hydrogen-bond acceptors (Lipinski definition) is 2. The number of aliphatic hydroxyl groups is 1. The van der Waals surface area contributed by atoms with Crippen LogP contribution in [0.4, 0.5) is 0 Å². The lowest BCUT2D eigenvalue weighted by atomic mass is 9.71. The molecule has 0 aromatic rings. The van der Waals surface area contributed by atoms with E-state index in [2.05, 4.69) is 13.8 Å². The minimum atomic E-state index is 0.117. The van der Waals surface area contributed by atoms with E-state index in [9.17, 15) is 0 Å². The summed E-state index contributed by atoms with van der Waals surface area (Å²) in [5, 5.41) is 9.09. The van der Waals surface area contributed by atoms with E-state index < -0.39 is 0 Å². The lowest BCUT2D eigenvalue weighted by molar-refractivity contribution is -0.113. The van der Waals surface area contributed by atoms with Gasteiger partial charge in [0.1, 0.15) is 0 Å². The van der Waals surface area contributed by atoms with Crippen LogP contribution in [0, 0.1) is 11.8 Å². The third-order valence-corrected chi connectivity index (χ3v) is 4.21. The molecule has 2 aliphatic rings. The summed E-state index contributed by atoms with van der Waals surface area (Å²) in [5.41, 5.74) is 0.125. The van der Waals surface area contributed by atoms with Crippen LogP contribution in [-0.2, 0) is 4.74 Å². The normalized spacial score (nSPS) is 48.6. The Hall–Kier alpha value is -0.0800. The van der Waals surface area contributed by atoms with Crippen LogP contribution in [-0.4, -0.2) is 23.4 Å². The number of ether oxygens (including phenoxy) is 1. The zero-order valence-electron chi connectivity index (χ0n) is 9.33. The highest BCUT2D eigenvalue weighted by atomic mass is 16.5. The summed E-state index contributed by atoms with van der Waals surface area (Å²) in [7, 11) is 0. The van der Waals surface area contributed by atoms with Gasteiger partial charge in [-0.05, 0) is 43.9 Å². The molecule has 1 saturated carbocycles. The van der Waals surface area contributed by atoms with Crippen molar-refractivity contribution in [3.05, 3.63) is 0 Å². The first-order valence-electron chi connectivity index (χ1n) is 5.95. The van der Waals surface area contributed by atoms with Crippen molar-refractivity contribution in [1.29, 1.82) is 0 Å². The molecule has 0 unspecified atom stereocenters. The Morgan fingerprint density at radius 2 is 2.00 bits per heavy atom. The summed E-state index contributed by atoms with van der Waals surface area (Å²) < 4.78 is 6.05. The Kier molecular flexibility index (Phi) is 2.85. The maximum absolute atomic E-state index is 9.09. The summed E-state index contributed by atoms with van der Waals surface area (Å²) in [6, 6.07) is 0. The third-order valence-electron chi connectivity index (χ3n) is 4.21. The van der Waals surface area contributed by atoms with Crippen molar-refractivity contribution in [3.63, 3.8) is 0 Å². The van der Waals surface area contributed by atoms with Gasteiger partial charge in [0.2, 0.25) is 0 Å². The molecule has 1 aliphatic heterocycles. The molecule has 4 atom stereocenters. The molecule has 1 spiro atoms. The van der Waals surface area contributed by atoms with Crippen LogP contribution in [0.15, 0.2) is 0 Å². The van der Waals surface area contributed by atoms with Gasteiger partial charge in [-0.15, -0.1) is 0 Å². The first-order valence-corrected chi connectivity index (χ1v) is 5.95. The molecule has 0 amide bonds. The van der Waals surface area contributed by atoms with E-state index >= 15 is 0 Å². The van der Waals surface area contributed by atoms with Crippen LogP contribution in [0.1, 0.15) is 46.0 Å². The van der Waals surface area contributed by atoms with Crippen molar-refractivity contribution >= 4 is 0 Å². The van der Waals surface area contributed by atoms with E-state index in [1.54, 1.807) is 0 Å². The van der Waals surface area contributed by atoms with E-state index in [1.807, 2.05) is 0 Å². The fourth-order valence-corrected chi connectivity index (χ4v) is 3.20. The highest BCUT2D eigenvalue weighted by Gasteiger charge is 2.46. The van der Waals surface area contributed by atoms with Crippen LogP contribution in [0.3, 0.4) is 0 Å². The number of hydrogen-bond donors (Lipinski definition) is 1. The van der Waals surface area contributed by atoms with Gasteiger partial charge in [0, 0.05) is 0 Å². The van der Waals surface area contributed by atoms with Gasteiger partial charge in [0.15, 0.2) is 0 Å². The average Bonchev–Trinajstić information content (AvgIpc) is 2.58. The van der Waals surface area contributed by atoms with E-state index in [-0.39, 0.29) is 18.3 Å². The molecule has 14 heavy (non-hydrogen) atoms. The summed E-state index contributed by atoms with van der Waals surface area (Å²) in [4.78, 5) is 0. The summed E-state index contributed by atoms with van der Waals surface area (Å²) in [6.45, 7) is 4.85. The van der Waals surface area contributed by atoms with E-state index in [0.717, 1.165) is 18.8 Å². The molecule has 2 rings (SSSR count). The predicted octanol–water partition coefficient (Wildman–Crippen LogP) is 2.35. The van der Waals surface area contributed by atoms with E-state index in [1.165, 1.54) is 19.3 Å². The zero-order valence-corrected chi connectivity index (χ0v) is 9.33. The Labute approximate surface area is 86.6 Å². The fourth-order valence-electron chi connectivity index (χ4n) is 3.20. The molecule has 2 fully saturated rings. The highest BCUT2D eigenvalue weighted by Crippen LogP contribution is 2.46. The van der Waals surface area contributed by atoms with Gasteiger partial charge in [0.05, 0.1) is 18.3 Å². The van der Waals surface area contributed by atoms with Crippen molar-refractivity contribution in [2.45, 2.75) is 57.7 Å². The average molecular weight is 198 g/mol. The van der Waals surface area contributed by atoms with Gasteiger partial charge in [-0.1, -0.05) is 13.8 Å². The third kappa shape index (κ3) is 1.70. The second-order valence-electron chi connectivity index (χ2n) is 5.31. The van der Waals surface area contributed by atoms with Crippen molar-refractivity contribution in [2.75, 3.05) is 6.61 Å². The Balaban J connectivity index is 2.02. The molecule has 82 valence electrons. The molecular weight excluding hydrogens is 176 g/mol. The zero-order chi connectivity index (χ0) is 10.2. The topological polar surface area (TPSA) is 29.5 Å². The molecule has 0 radical (unpaired) electrons. The van der Waals surface area contributed by atoms with E-state index in [4.69, 9.17) is 9.84 Å². The maximum Gasteiger partial charge on any atom is 0.0814 e. The summed E-state index contributed by atoms with van der Waals surface area (Å²) >= 11 is 0. The summed E-state index contributed by atoms with van der Waals surface area (Å²) in [6.07, 6.45) is 6.11. The van der Waals surface area contributed by atoms with Crippen molar-refractivity contribution in [1.82, 2.24) is 0 Å². The SMILES string of the molecule is C[C@@H]1CC[C@]2(CC[C@@H](CO)O2)[C@H](C)C1. The molecule has 0 bridgehead atoms. The van der Waals surface area contributed by atoms with Gasteiger partial charge in [0.25, 0.3) is 0 Å². The standard InChI is InChI=1S/C12H22O2/c1-9-3-5-12(10(2)7-9)6-4-11(8-13)14-12/h9-11,13H,3-8H2,1-2H3/t9-,10-,11+,12+/m1/s1. The van der Waals surface area contributed by atoms with Crippen molar-refractivity contribution in [3.8, 4) is 0 Å². The minimum absolute atomic E-state index is 0.117. The monoisotopic (exact) mass is 198 g/mol. The molecule has 1 aliphatic carbocycles. The molecule has 0 aromatic heterocycles. The van der Waals surface area contributed by atoms with Crippen LogP contribution in [0.2, 0.25) is 0 Å². The molecule has 1 N–H and O–H groups in total. The van der Waals surface area contributed by atoms with Crippen LogP contribution in [0.5, 0.6) is 0 Å². The number of rotatable bonds is 1.